The lowest BCUT2D eigenvalue weighted by Gasteiger charge is -2.00. The maximum absolute atomic E-state index is 13.2. The molecule has 18 heavy (non-hydrogen) atoms. The predicted octanol–water partition coefficient (Wildman–Crippen LogP) is 3.21. The van der Waals surface area contributed by atoms with Gasteiger partial charge in [-0.25, -0.2) is 4.39 Å². The van der Waals surface area contributed by atoms with E-state index in [1.165, 1.54) is 17.8 Å². The van der Waals surface area contributed by atoms with Crippen LogP contribution in [0.5, 0.6) is 0 Å². The molecule has 0 radical (unpaired) electrons. The van der Waals surface area contributed by atoms with E-state index in [0.29, 0.717) is 17.5 Å². The van der Waals surface area contributed by atoms with Gasteiger partial charge in [0.2, 0.25) is 5.89 Å². The number of nitrogens with zero attached hydrogens (tertiary/aromatic N) is 2. The summed E-state index contributed by atoms with van der Waals surface area (Å²) in [5.41, 5.74) is 5.56. The summed E-state index contributed by atoms with van der Waals surface area (Å²) < 4.78 is 18.3. The fourth-order valence-electron chi connectivity index (χ4n) is 1.31. The van der Waals surface area contributed by atoms with Crippen LogP contribution in [0.2, 0.25) is 0 Å². The quantitative estimate of drug-likeness (QED) is 0.680. The second-order valence-corrected chi connectivity index (χ2v) is 5.22. The molecule has 0 unspecified atom stereocenters. The summed E-state index contributed by atoms with van der Waals surface area (Å²) in [6, 6.07) is 4.73. The second-order valence-electron chi connectivity index (χ2n) is 4.18. The lowest BCUT2D eigenvalue weighted by molar-refractivity contribution is 0.362. The van der Waals surface area contributed by atoms with Crippen molar-refractivity contribution in [1.29, 1.82) is 0 Å². The summed E-state index contributed by atoms with van der Waals surface area (Å²) in [4.78, 5) is 5.04. The molecule has 2 rings (SSSR count). The Kier molecular flexibility index (Phi) is 3.86. The Bertz CT molecular complexity index is 542. The minimum absolute atomic E-state index is 0.154. The first-order valence-electron chi connectivity index (χ1n) is 5.56. The Labute approximate surface area is 109 Å². The van der Waals surface area contributed by atoms with Crippen molar-refractivity contribution < 1.29 is 8.91 Å². The van der Waals surface area contributed by atoms with Gasteiger partial charge in [-0.05, 0) is 18.2 Å². The lowest BCUT2D eigenvalue weighted by atomic mass is 10.2. The van der Waals surface area contributed by atoms with Crippen molar-refractivity contribution in [1.82, 2.24) is 10.1 Å². The van der Waals surface area contributed by atoms with E-state index in [2.05, 4.69) is 10.1 Å². The van der Waals surface area contributed by atoms with Gasteiger partial charge in [-0.2, -0.15) is 4.98 Å². The predicted molar refractivity (Wildman–Crippen MR) is 68.8 cm³/mol. The summed E-state index contributed by atoms with van der Waals surface area (Å²) in [6.07, 6.45) is 0. The van der Waals surface area contributed by atoms with E-state index in [9.17, 15) is 4.39 Å². The van der Waals surface area contributed by atoms with Crippen LogP contribution in [0.1, 0.15) is 31.5 Å². The molecule has 6 heteroatoms. The molecule has 0 aliphatic heterocycles. The van der Waals surface area contributed by atoms with Crippen LogP contribution in [0.3, 0.4) is 0 Å². The first-order valence-corrected chi connectivity index (χ1v) is 6.55. The van der Waals surface area contributed by atoms with Crippen molar-refractivity contribution in [3.8, 4) is 0 Å². The molecule has 0 aliphatic rings. The molecule has 0 saturated carbocycles. The molecule has 0 aliphatic carbocycles. The van der Waals surface area contributed by atoms with Crippen LogP contribution in [0.15, 0.2) is 27.6 Å². The molecule has 0 spiro atoms. The Balaban J connectivity index is 2.00. The topological polar surface area (TPSA) is 64.9 Å². The Morgan fingerprint density at radius 2 is 2.22 bits per heavy atom. The standard InChI is InChI=1S/C12H14FN3OS/c1-7(2)12-15-11(16-17-12)6-18-8-3-4-10(14)9(13)5-8/h3-5,7H,6,14H2,1-2H3. The van der Waals surface area contributed by atoms with Gasteiger partial charge in [-0.1, -0.05) is 19.0 Å². The molecule has 0 atom stereocenters. The normalized spacial score (nSPS) is 11.1. The number of nitrogens with two attached hydrogens (primary N) is 1. The van der Waals surface area contributed by atoms with Crippen molar-refractivity contribution in [3.05, 3.63) is 35.7 Å². The molecule has 0 amide bonds. The van der Waals surface area contributed by atoms with Crippen molar-refractivity contribution in [2.45, 2.75) is 30.4 Å². The second kappa shape index (κ2) is 5.39. The van der Waals surface area contributed by atoms with Crippen LogP contribution >= 0.6 is 11.8 Å². The van der Waals surface area contributed by atoms with Gasteiger partial charge < -0.3 is 10.3 Å². The molecule has 2 aromatic rings. The molecule has 1 aromatic carbocycles. The highest BCUT2D eigenvalue weighted by molar-refractivity contribution is 7.98. The number of rotatable bonds is 4. The molecule has 4 nitrogen and oxygen atoms in total. The first kappa shape index (κ1) is 12.9. The summed E-state index contributed by atoms with van der Waals surface area (Å²) in [5, 5.41) is 3.87. The third-order valence-electron chi connectivity index (χ3n) is 2.32. The SMILES string of the molecule is CC(C)c1nc(CSc2ccc(N)c(F)c2)no1. The number of nitrogen functional groups attached to an aromatic ring is 1. The number of thioether (sulfide) groups is 1. The third kappa shape index (κ3) is 3.01. The van der Waals surface area contributed by atoms with Crippen LogP contribution < -0.4 is 5.73 Å². The highest BCUT2D eigenvalue weighted by atomic mass is 32.2. The summed E-state index contributed by atoms with van der Waals surface area (Å²) in [7, 11) is 0. The zero-order chi connectivity index (χ0) is 13.1. The van der Waals surface area contributed by atoms with Crippen molar-refractivity contribution in [3.63, 3.8) is 0 Å². The third-order valence-corrected chi connectivity index (χ3v) is 3.31. The fourth-order valence-corrected chi connectivity index (χ4v) is 2.07. The largest absolute Gasteiger partial charge is 0.396 e. The molecule has 2 N–H and O–H groups in total. The van der Waals surface area contributed by atoms with Gasteiger partial charge in [0.25, 0.3) is 0 Å². The molecular weight excluding hydrogens is 253 g/mol. The highest BCUT2D eigenvalue weighted by Crippen LogP contribution is 2.25. The number of hydrogen-bond donors (Lipinski definition) is 1. The van der Waals surface area contributed by atoms with Gasteiger partial charge >= 0.3 is 0 Å². The van der Waals surface area contributed by atoms with E-state index in [1.807, 2.05) is 13.8 Å². The molecule has 96 valence electrons. The van der Waals surface area contributed by atoms with Crippen molar-refractivity contribution in [2.75, 3.05) is 5.73 Å². The van der Waals surface area contributed by atoms with E-state index in [-0.39, 0.29) is 11.6 Å². The van der Waals surface area contributed by atoms with Gasteiger partial charge in [0.15, 0.2) is 5.82 Å². The smallest absolute Gasteiger partial charge is 0.229 e. The van der Waals surface area contributed by atoms with Gasteiger partial charge in [0.1, 0.15) is 5.82 Å². The van der Waals surface area contributed by atoms with Crippen molar-refractivity contribution in [2.24, 2.45) is 0 Å². The molecule has 0 fully saturated rings. The van der Waals surface area contributed by atoms with Crippen LogP contribution in [0.4, 0.5) is 10.1 Å². The minimum atomic E-state index is -0.406. The molecule has 0 saturated heterocycles. The summed E-state index contributed by atoms with van der Waals surface area (Å²) in [5.74, 6) is 1.58. The molecule has 0 bridgehead atoms. The molecule has 1 heterocycles. The van der Waals surface area contributed by atoms with Crippen molar-refractivity contribution >= 4 is 17.4 Å². The van der Waals surface area contributed by atoms with E-state index in [4.69, 9.17) is 10.3 Å². The monoisotopic (exact) mass is 267 g/mol. The minimum Gasteiger partial charge on any atom is -0.396 e. The zero-order valence-corrected chi connectivity index (χ0v) is 11.0. The molecular formula is C12H14FN3OS. The Morgan fingerprint density at radius 3 is 2.83 bits per heavy atom. The first-order chi connectivity index (χ1) is 8.56. The molecule has 1 aromatic heterocycles. The number of aromatic nitrogens is 2. The van der Waals surface area contributed by atoms with E-state index in [0.717, 1.165) is 4.90 Å². The average molecular weight is 267 g/mol. The van der Waals surface area contributed by atoms with Crippen LogP contribution in [0.25, 0.3) is 0 Å². The number of hydrogen-bond acceptors (Lipinski definition) is 5. The van der Waals surface area contributed by atoms with E-state index < -0.39 is 5.82 Å². The Morgan fingerprint density at radius 1 is 1.44 bits per heavy atom. The number of anilines is 1. The van der Waals surface area contributed by atoms with Crippen LogP contribution in [0, 0.1) is 5.82 Å². The fraction of sp³-hybridized carbons (Fsp3) is 0.333. The Hall–Kier alpha value is -1.56. The average Bonchev–Trinajstić information content (AvgIpc) is 2.79. The lowest BCUT2D eigenvalue weighted by Crippen LogP contribution is -1.91. The van der Waals surface area contributed by atoms with Gasteiger partial charge in [0, 0.05) is 10.8 Å². The van der Waals surface area contributed by atoms with Gasteiger partial charge in [0.05, 0.1) is 11.4 Å². The van der Waals surface area contributed by atoms with Gasteiger partial charge in [-0.3, -0.25) is 0 Å². The highest BCUT2D eigenvalue weighted by Gasteiger charge is 2.10. The van der Waals surface area contributed by atoms with E-state index >= 15 is 0 Å². The van der Waals surface area contributed by atoms with Gasteiger partial charge in [-0.15, -0.1) is 11.8 Å². The summed E-state index contributed by atoms with van der Waals surface area (Å²) >= 11 is 1.44. The van der Waals surface area contributed by atoms with E-state index in [1.54, 1.807) is 12.1 Å². The maximum Gasteiger partial charge on any atom is 0.229 e. The van der Waals surface area contributed by atoms with Crippen LogP contribution in [-0.2, 0) is 5.75 Å². The number of halogens is 1. The maximum atomic E-state index is 13.2. The van der Waals surface area contributed by atoms with Crippen LogP contribution in [-0.4, -0.2) is 10.1 Å². The summed E-state index contributed by atoms with van der Waals surface area (Å²) in [6.45, 7) is 3.97. The number of benzene rings is 1. The zero-order valence-electron chi connectivity index (χ0n) is 10.2.